The predicted molar refractivity (Wildman–Crippen MR) is 76.0 cm³/mol. The third kappa shape index (κ3) is 5.00. The maximum absolute atomic E-state index is 12.7. The first-order valence-electron chi connectivity index (χ1n) is 7.38. The minimum atomic E-state index is -4.34. The van der Waals surface area contributed by atoms with Gasteiger partial charge in [0, 0.05) is 12.5 Å². The number of nitrogens with one attached hydrogen (secondary N) is 1. The molecule has 1 aromatic carbocycles. The molecule has 2 atom stereocenters. The molecule has 0 radical (unpaired) electrons. The standard InChI is InChI=1S/C16H22F3NO/c1-15(21,11-14-7-2-3-8-20-14)10-12-5-4-6-13(9-12)16(17,18)19/h4-6,9,14,20-21H,2-3,7-8,10-11H2,1H3. The second-order valence-electron chi connectivity index (χ2n) is 6.22. The Morgan fingerprint density at radius 1 is 1.29 bits per heavy atom. The van der Waals surface area contributed by atoms with Gasteiger partial charge in [0.25, 0.3) is 0 Å². The first-order chi connectivity index (χ1) is 9.76. The Morgan fingerprint density at radius 3 is 2.67 bits per heavy atom. The molecule has 0 amide bonds. The van der Waals surface area contributed by atoms with Crippen molar-refractivity contribution in [2.75, 3.05) is 6.54 Å². The van der Waals surface area contributed by atoms with E-state index in [4.69, 9.17) is 0 Å². The molecule has 5 heteroatoms. The zero-order chi connectivity index (χ0) is 15.5. The van der Waals surface area contributed by atoms with Crippen molar-refractivity contribution >= 4 is 0 Å². The molecule has 1 aliphatic heterocycles. The largest absolute Gasteiger partial charge is 0.416 e. The first kappa shape index (κ1) is 16.3. The van der Waals surface area contributed by atoms with E-state index < -0.39 is 17.3 Å². The van der Waals surface area contributed by atoms with Crippen LogP contribution in [0.1, 0.15) is 43.7 Å². The van der Waals surface area contributed by atoms with Gasteiger partial charge in [-0.1, -0.05) is 24.6 Å². The van der Waals surface area contributed by atoms with Crippen molar-refractivity contribution in [3.05, 3.63) is 35.4 Å². The molecule has 0 aromatic heterocycles. The summed E-state index contributed by atoms with van der Waals surface area (Å²) in [6, 6.07) is 5.47. The van der Waals surface area contributed by atoms with Gasteiger partial charge >= 0.3 is 6.18 Å². The Balaban J connectivity index is 2.02. The van der Waals surface area contributed by atoms with Crippen LogP contribution in [0.3, 0.4) is 0 Å². The van der Waals surface area contributed by atoms with Crippen LogP contribution in [0.15, 0.2) is 24.3 Å². The fraction of sp³-hybridized carbons (Fsp3) is 0.625. The number of aliphatic hydroxyl groups is 1. The van der Waals surface area contributed by atoms with Crippen LogP contribution in [-0.2, 0) is 12.6 Å². The number of rotatable bonds is 4. The third-order valence-electron chi connectivity index (χ3n) is 3.94. The lowest BCUT2D eigenvalue weighted by molar-refractivity contribution is -0.137. The Morgan fingerprint density at radius 2 is 2.05 bits per heavy atom. The van der Waals surface area contributed by atoms with Crippen molar-refractivity contribution in [1.29, 1.82) is 0 Å². The van der Waals surface area contributed by atoms with Crippen molar-refractivity contribution < 1.29 is 18.3 Å². The minimum absolute atomic E-state index is 0.231. The molecule has 0 bridgehead atoms. The molecule has 21 heavy (non-hydrogen) atoms. The fourth-order valence-electron chi connectivity index (χ4n) is 3.00. The number of hydrogen-bond donors (Lipinski definition) is 2. The summed E-state index contributed by atoms with van der Waals surface area (Å²) in [7, 11) is 0. The molecule has 2 N–H and O–H groups in total. The lowest BCUT2D eigenvalue weighted by Crippen LogP contribution is -2.41. The topological polar surface area (TPSA) is 32.3 Å². The maximum Gasteiger partial charge on any atom is 0.416 e. The van der Waals surface area contributed by atoms with Gasteiger partial charge in [0.1, 0.15) is 0 Å². The third-order valence-corrected chi connectivity index (χ3v) is 3.94. The quantitative estimate of drug-likeness (QED) is 0.891. The van der Waals surface area contributed by atoms with Crippen LogP contribution >= 0.6 is 0 Å². The van der Waals surface area contributed by atoms with Gasteiger partial charge in [0.15, 0.2) is 0 Å². The van der Waals surface area contributed by atoms with Gasteiger partial charge in [-0.3, -0.25) is 0 Å². The molecule has 0 aliphatic carbocycles. The van der Waals surface area contributed by atoms with E-state index in [9.17, 15) is 18.3 Å². The Bertz CT molecular complexity index is 465. The van der Waals surface area contributed by atoms with E-state index in [-0.39, 0.29) is 12.5 Å². The SMILES string of the molecule is CC(O)(Cc1cccc(C(F)(F)F)c1)CC1CCCCN1. The number of halogens is 3. The van der Waals surface area contributed by atoms with Gasteiger partial charge in [0.05, 0.1) is 11.2 Å². The zero-order valence-electron chi connectivity index (χ0n) is 12.2. The molecule has 1 saturated heterocycles. The number of hydrogen-bond acceptors (Lipinski definition) is 2. The highest BCUT2D eigenvalue weighted by Crippen LogP contribution is 2.31. The van der Waals surface area contributed by atoms with Crippen LogP contribution in [0.2, 0.25) is 0 Å². The summed E-state index contributed by atoms with van der Waals surface area (Å²) in [6.45, 7) is 2.65. The van der Waals surface area contributed by atoms with E-state index in [0.717, 1.165) is 37.9 Å². The molecular formula is C16H22F3NO. The highest BCUT2D eigenvalue weighted by molar-refractivity contribution is 5.26. The van der Waals surface area contributed by atoms with Gasteiger partial charge in [-0.05, 0) is 44.4 Å². The monoisotopic (exact) mass is 301 g/mol. The highest BCUT2D eigenvalue weighted by atomic mass is 19.4. The van der Waals surface area contributed by atoms with Crippen LogP contribution in [-0.4, -0.2) is 23.3 Å². The second-order valence-corrected chi connectivity index (χ2v) is 6.22. The van der Waals surface area contributed by atoms with Gasteiger partial charge in [0.2, 0.25) is 0 Å². The van der Waals surface area contributed by atoms with Crippen LogP contribution < -0.4 is 5.32 Å². The molecule has 2 unspecified atom stereocenters. The lowest BCUT2D eigenvalue weighted by Gasteiger charge is -2.31. The molecule has 1 heterocycles. The molecule has 0 saturated carbocycles. The fourth-order valence-corrected chi connectivity index (χ4v) is 3.00. The molecule has 2 nitrogen and oxygen atoms in total. The molecule has 1 aliphatic rings. The molecule has 118 valence electrons. The summed E-state index contributed by atoms with van der Waals surface area (Å²) in [5, 5.41) is 13.8. The van der Waals surface area contributed by atoms with Gasteiger partial charge in [-0.15, -0.1) is 0 Å². The molecule has 0 spiro atoms. The van der Waals surface area contributed by atoms with Crippen molar-refractivity contribution in [2.45, 2.75) is 56.8 Å². The van der Waals surface area contributed by atoms with Gasteiger partial charge < -0.3 is 10.4 Å². The van der Waals surface area contributed by atoms with Crippen LogP contribution in [0.5, 0.6) is 0 Å². The van der Waals surface area contributed by atoms with Crippen molar-refractivity contribution in [3.63, 3.8) is 0 Å². The molecule has 1 fully saturated rings. The lowest BCUT2D eigenvalue weighted by atomic mass is 9.87. The van der Waals surface area contributed by atoms with Crippen LogP contribution in [0.4, 0.5) is 13.2 Å². The minimum Gasteiger partial charge on any atom is -0.390 e. The second kappa shape index (κ2) is 6.36. The van der Waals surface area contributed by atoms with Crippen molar-refractivity contribution in [3.8, 4) is 0 Å². The predicted octanol–water partition coefficient (Wildman–Crippen LogP) is 3.53. The first-order valence-corrected chi connectivity index (χ1v) is 7.38. The van der Waals surface area contributed by atoms with Gasteiger partial charge in [-0.2, -0.15) is 13.2 Å². The summed E-state index contributed by atoms with van der Waals surface area (Å²) < 4.78 is 38.1. The summed E-state index contributed by atoms with van der Waals surface area (Å²) in [6.07, 6.45) is -0.256. The number of piperidine rings is 1. The summed E-state index contributed by atoms with van der Waals surface area (Å²) in [5.41, 5.74) is -1.14. The van der Waals surface area contributed by atoms with Crippen LogP contribution in [0, 0.1) is 0 Å². The Kier molecular flexibility index (Phi) is 4.94. The van der Waals surface area contributed by atoms with Gasteiger partial charge in [-0.25, -0.2) is 0 Å². The molecular weight excluding hydrogens is 279 g/mol. The molecule has 2 rings (SSSR count). The van der Waals surface area contributed by atoms with E-state index in [1.54, 1.807) is 13.0 Å². The van der Waals surface area contributed by atoms with Crippen molar-refractivity contribution in [1.82, 2.24) is 5.32 Å². The normalized spacial score (nSPS) is 22.8. The van der Waals surface area contributed by atoms with Crippen molar-refractivity contribution in [2.24, 2.45) is 0 Å². The van der Waals surface area contributed by atoms with Crippen LogP contribution in [0.25, 0.3) is 0 Å². The van der Waals surface area contributed by atoms with E-state index in [0.29, 0.717) is 12.0 Å². The Labute approximate surface area is 123 Å². The van der Waals surface area contributed by atoms with E-state index in [2.05, 4.69) is 5.32 Å². The highest BCUT2D eigenvalue weighted by Gasteiger charge is 2.31. The number of alkyl halides is 3. The van der Waals surface area contributed by atoms with E-state index in [1.165, 1.54) is 6.07 Å². The summed E-state index contributed by atoms with van der Waals surface area (Å²) in [5.74, 6) is 0. The van der Waals surface area contributed by atoms with E-state index >= 15 is 0 Å². The molecule has 1 aromatic rings. The average Bonchev–Trinajstić information content (AvgIpc) is 2.38. The van der Waals surface area contributed by atoms with E-state index in [1.807, 2.05) is 0 Å². The summed E-state index contributed by atoms with van der Waals surface area (Å²) in [4.78, 5) is 0. The smallest absolute Gasteiger partial charge is 0.390 e. The summed E-state index contributed by atoms with van der Waals surface area (Å²) >= 11 is 0. The maximum atomic E-state index is 12.7. The zero-order valence-corrected chi connectivity index (χ0v) is 12.2. The Hall–Kier alpha value is -1.07. The average molecular weight is 301 g/mol. The number of benzene rings is 1.